The molecule has 3 heteroatoms. The molecule has 1 rings (SSSR count). The number of hydrogen-bond acceptors (Lipinski definition) is 3. The highest BCUT2D eigenvalue weighted by Crippen LogP contribution is 2.32. The van der Waals surface area contributed by atoms with Gasteiger partial charge in [0.05, 0.1) is 13.0 Å². The van der Waals surface area contributed by atoms with E-state index in [0.29, 0.717) is 6.42 Å². The second-order valence-electron chi connectivity index (χ2n) is 4.11. The third-order valence-electron chi connectivity index (χ3n) is 2.93. The van der Waals surface area contributed by atoms with E-state index in [4.69, 9.17) is 4.74 Å². The standard InChI is InChI=1S/C12H18O3/c1-4-5-9-7-10(13)6-8(2)11(9)12(14)15-3/h6,9,11H,4-5,7H2,1-3H3/t9-,11+/m1/s1. The zero-order valence-electron chi connectivity index (χ0n) is 9.58. The maximum atomic E-state index is 11.6. The number of carbonyl (C=O) groups is 2. The van der Waals surface area contributed by atoms with Gasteiger partial charge in [-0.2, -0.15) is 0 Å². The zero-order chi connectivity index (χ0) is 11.4. The summed E-state index contributed by atoms with van der Waals surface area (Å²) in [5.74, 6) is -0.173. The molecule has 2 atom stereocenters. The summed E-state index contributed by atoms with van der Waals surface area (Å²) >= 11 is 0. The molecule has 0 fully saturated rings. The van der Waals surface area contributed by atoms with Crippen molar-refractivity contribution in [1.82, 2.24) is 0 Å². The van der Waals surface area contributed by atoms with Crippen molar-refractivity contribution in [3.8, 4) is 0 Å². The molecule has 0 aliphatic heterocycles. The van der Waals surface area contributed by atoms with Crippen molar-refractivity contribution in [2.75, 3.05) is 7.11 Å². The third kappa shape index (κ3) is 2.67. The molecule has 1 aliphatic carbocycles. The Hall–Kier alpha value is -1.12. The molecule has 0 radical (unpaired) electrons. The van der Waals surface area contributed by atoms with Crippen LogP contribution in [0.2, 0.25) is 0 Å². The van der Waals surface area contributed by atoms with E-state index >= 15 is 0 Å². The lowest BCUT2D eigenvalue weighted by atomic mass is 9.76. The normalized spacial score (nSPS) is 26.1. The summed E-state index contributed by atoms with van der Waals surface area (Å²) in [5, 5.41) is 0. The summed E-state index contributed by atoms with van der Waals surface area (Å²) in [6.45, 7) is 3.90. The maximum absolute atomic E-state index is 11.6. The van der Waals surface area contributed by atoms with Gasteiger partial charge < -0.3 is 4.74 Å². The summed E-state index contributed by atoms with van der Waals surface area (Å²) in [7, 11) is 1.40. The van der Waals surface area contributed by atoms with E-state index in [1.165, 1.54) is 7.11 Å². The minimum Gasteiger partial charge on any atom is -0.469 e. The first-order valence-corrected chi connectivity index (χ1v) is 5.39. The average molecular weight is 210 g/mol. The molecule has 0 saturated carbocycles. The van der Waals surface area contributed by atoms with Gasteiger partial charge in [-0.15, -0.1) is 0 Å². The number of carbonyl (C=O) groups excluding carboxylic acids is 2. The van der Waals surface area contributed by atoms with Gasteiger partial charge in [0.2, 0.25) is 0 Å². The molecule has 0 bridgehead atoms. The van der Waals surface area contributed by atoms with Gasteiger partial charge in [-0.1, -0.05) is 18.9 Å². The smallest absolute Gasteiger partial charge is 0.313 e. The van der Waals surface area contributed by atoms with Gasteiger partial charge in [-0.3, -0.25) is 9.59 Å². The molecule has 84 valence electrons. The number of hydrogen-bond donors (Lipinski definition) is 0. The largest absolute Gasteiger partial charge is 0.469 e. The fraction of sp³-hybridized carbons (Fsp3) is 0.667. The molecule has 1 aliphatic rings. The van der Waals surface area contributed by atoms with Gasteiger partial charge in [0.15, 0.2) is 5.78 Å². The van der Waals surface area contributed by atoms with E-state index in [-0.39, 0.29) is 23.6 Å². The molecule has 0 saturated heterocycles. The van der Waals surface area contributed by atoms with E-state index in [1.807, 2.05) is 6.92 Å². The first-order valence-electron chi connectivity index (χ1n) is 5.39. The molecule has 0 aromatic heterocycles. The van der Waals surface area contributed by atoms with Gasteiger partial charge >= 0.3 is 5.97 Å². The molecule has 0 spiro atoms. The quantitative estimate of drug-likeness (QED) is 0.670. The third-order valence-corrected chi connectivity index (χ3v) is 2.93. The Kier molecular flexibility index (Phi) is 4.06. The Bertz CT molecular complexity index is 291. The maximum Gasteiger partial charge on any atom is 0.313 e. The number of methoxy groups -OCH3 is 1. The Morgan fingerprint density at radius 1 is 1.60 bits per heavy atom. The lowest BCUT2D eigenvalue weighted by Crippen LogP contribution is -2.31. The average Bonchev–Trinajstić information content (AvgIpc) is 2.16. The topological polar surface area (TPSA) is 43.4 Å². The number of allylic oxidation sites excluding steroid dienone is 1. The van der Waals surface area contributed by atoms with Crippen LogP contribution in [0.1, 0.15) is 33.1 Å². The SMILES string of the molecule is CCC[C@@H]1CC(=O)C=C(C)[C@@H]1C(=O)OC. The second kappa shape index (κ2) is 5.10. The van der Waals surface area contributed by atoms with Gasteiger partial charge in [0, 0.05) is 6.42 Å². The number of ketones is 1. The van der Waals surface area contributed by atoms with Crippen molar-refractivity contribution >= 4 is 11.8 Å². The monoisotopic (exact) mass is 210 g/mol. The van der Waals surface area contributed by atoms with Crippen molar-refractivity contribution in [1.29, 1.82) is 0 Å². The Balaban J connectivity index is 2.90. The molecule has 0 aromatic rings. The van der Waals surface area contributed by atoms with Crippen LogP contribution in [0, 0.1) is 11.8 Å². The van der Waals surface area contributed by atoms with E-state index in [1.54, 1.807) is 6.08 Å². The highest BCUT2D eigenvalue weighted by Gasteiger charge is 2.34. The molecular weight excluding hydrogens is 192 g/mol. The van der Waals surface area contributed by atoms with Crippen LogP contribution < -0.4 is 0 Å². The van der Waals surface area contributed by atoms with Gasteiger partial charge in [-0.25, -0.2) is 0 Å². The molecule has 0 unspecified atom stereocenters. The summed E-state index contributed by atoms with van der Waals surface area (Å²) in [6, 6.07) is 0. The van der Waals surface area contributed by atoms with Crippen LogP contribution in [0.5, 0.6) is 0 Å². The Morgan fingerprint density at radius 2 is 2.27 bits per heavy atom. The summed E-state index contributed by atoms with van der Waals surface area (Å²) in [6.07, 6.45) is 3.94. The highest BCUT2D eigenvalue weighted by molar-refractivity contribution is 5.94. The minimum atomic E-state index is -0.215. The molecule has 3 nitrogen and oxygen atoms in total. The second-order valence-corrected chi connectivity index (χ2v) is 4.11. The Labute approximate surface area is 90.5 Å². The van der Waals surface area contributed by atoms with Crippen LogP contribution in [0.3, 0.4) is 0 Å². The van der Waals surface area contributed by atoms with Crippen LogP contribution in [-0.2, 0) is 14.3 Å². The van der Waals surface area contributed by atoms with Crippen molar-refractivity contribution < 1.29 is 14.3 Å². The van der Waals surface area contributed by atoms with Crippen molar-refractivity contribution in [2.24, 2.45) is 11.8 Å². The van der Waals surface area contributed by atoms with Crippen LogP contribution in [0.15, 0.2) is 11.6 Å². The molecule has 0 amide bonds. The van der Waals surface area contributed by atoms with E-state index < -0.39 is 0 Å². The summed E-state index contributed by atoms with van der Waals surface area (Å²) in [4.78, 5) is 23.0. The van der Waals surface area contributed by atoms with E-state index in [2.05, 4.69) is 6.92 Å². The van der Waals surface area contributed by atoms with Gasteiger partial charge in [0.1, 0.15) is 0 Å². The minimum absolute atomic E-state index is 0.125. The molecule has 0 aromatic carbocycles. The zero-order valence-corrected chi connectivity index (χ0v) is 9.58. The number of esters is 1. The summed E-state index contributed by atoms with van der Waals surface area (Å²) in [5.41, 5.74) is 0.844. The number of ether oxygens (including phenoxy) is 1. The van der Waals surface area contributed by atoms with E-state index in [9.17, 15) is 9.59 Å². The fourth-order valence-electron chi connectivity index (χ4n) is 2.30. The van der Waals surface area contributed by atoms with Crippen LogP contribution in [0.25, 0.3) is 0 Å². The lowest BCUT2D eigenvalue weighted by molar-refractivity contribution is -0.146. The predicted molar refractivity (Wildman–Crippen MR) is 57.3 cm³/mol. The predicted octanol–water partition coefficient (Wildman–Crippen LogP) is 2.11. The summed E-state index contributed by atoms with van der Waals surface area (Å²) < 4.78 is 4.78. The van der Waals surface area contributed by atoms with Crippen LogP contribution in [-0.4, -0.2) is 18.9 Å². The van der Waals surface area contributed by atoms with Crippen LogP contribution in [0.4, 0.5) is 0 Å². The lowest BCUT2D eigenvalue weighted by Gasteiger charge is -2.28. The Morgan fingerprint density at radius 3 is 2.80 bits per heavy atom. The van der Waals surface area contributed by atoms with Gasteiger partial charge in [-0.05, 0) is 25.3 Å². The van der Waals surface area contributed by atoms with Crippen molar-refractivity contribution in [3.63, 3.8) is 0 Å². The first-order chi connectivity index (χ1) is 7.10. The molecule has 0 heterocycles. The van der Waals surface area contributed by atoms with E-state index in [0.717, 1.165) is 18.4 Å². The van der Waals surface area contributed by atoms with Crippen molar-refractivity contribution in [2.45, 2.75) is 33.1 Å². The molecule has 0 N–H and O–H groups in total. The first kappa shape index (κ1) is 12.0. The van der Waals surface area contributed by atoms with Crippen molar-refractivity contribution in [3.05, 3.63) is 11.6 Å². The van der Waals surface area contributed by atoms with Gasteiger partial charge in [0.25, 0.3) is 0 Å². The molecule has 15 heavy (non-hydrogen) atoms. The highest BCUT2D eigenvalue weighted by atomic mass is 16.5. The van der Waals surface area contributed by atoms with Crippen LogP contribution >= 0.6 is 0 Å². The number of rotatable bonds is 3. The molecular formula is C12H18O3. The fourth-order valence-corrected chi connectivity index (χ4v) is 2.30.